The molecular weight excluding hydrogens is 494 g/mol. The molecule has 0 saturated carbocycles. The minimum absolute atomic E-state index is 0.00242. The Morgan fingerprint density at radius 1 is 1.11 bits per heavy atom. The molecule has 186 valence electrons. The Bertz CT molecular complexity index is 1420. The number of ether oxygens (including phenoxy) is 1. The van der Waals surface area contributed by atoms with Gasteiger partial charge in [-0.15, -0.1) is 0 Å². The molecule has 0 bridgehead atoms. The normalized spacial score (nSPS) is 13.7. The van der Waals surface area contributed by atoms with Crippen LogP contribution in [0.4, 0.5) is 22.7 Å². The van der Waals surface area contributed by atoms with Crippen LogP contribution in [0, 0.1) is 27.2 Å². The first-order valence-corrected chi connectivity index (χ1v) is 11.1. The van der Waals surface area contributed by atoms with Crippen molar-refractivity contribution in [3.63, 3.8) is 0 Å². The zero-order valence-electron chi connectivity index (χ0n) is 19.2. The molecule has 0 radical (unpaired) electrons. The van der Waals surface area contributed by atoms with E-state index >= 15 is 0 Å². The Morgan fingerprint density at radius 3 is 2.58 bits per heavy atom. The lowest BCUT2D eigenvalue weighted by molar-refractivity contribution is -0.393. The molecule has 0 spiro atoms. The number of hydrazone groups is 1. The number of amides is 1. The molecule has 1 aromatic heterocycles. The summed E-state index contributed by atoms with van der Waals surface area (Å²) in [7, 11) is 1.47. The van der Waals surface area contributed by atoms with E-state index in [1.807, 2.05) is 0 Å². The lowest BCUT2D eigenvalue weighted by Gasteiger charge is -2.14. The second kappa shape index (κ2) is 10.0. The van der Waals surface area contributed by atoms with Gasteiger partial charge in [0.2, 0.25) is 0 Å². The van der Waals surface area contributed by atoms with Crippen molar-refractivity contribution in [2.24, 2.45) is 5.10 Å². The monoisotopic (exact) mass is 513 g/mol. The standard InChI is InChI=1S/C23H20ClN5O7/c1-12-21-16(27-26-15-8-7-14(28(31)32)11-18(15)29(33)34)4-3-5-20(21)36-22(12)23(30)25-17-10-13(24)6-9-19(17)35-2/h6-11,26H,3-5H2,1-2H3,(H,25,30)/b27-16+. The predicted octanol–water partition coefficient (Wildman–Crippen LogP) is 5.47. The van der Waals surface area contributed by atoms with Gasteiger partial charge in [-0.3, -0.25) is 30.4 Å². The van der Waals surface area contributed by atoms with Crippen molar-refractivity contribution in [2.45, 2.75) is 26.2 Å². The Kier molecular flexibility index (Phi) is 6.88. The zero-order chi connectivity index (χ0) is 26.0. The van der Waals surface area contributed by atoms with E-state index in [-0.39, 0.29) is 11.4 Å². The third kappa shape index (κ3) is 4.84. The number of carbonyl (C=O) groups excluding carboxylic acids is 1. The number of rotatable bonds is 7. The van der Waals surface area contributed by atoms with Crippen molar-refractivity contribution in [2.75, 3.05) is 17.9 Å². The molecule has 2 N–H and O–H groups in total. The van der Waals surface area contributed by atoms with E-state index < -0.39 is 27.1 Å². The Labute approximate surface area is 209 Å². The fourth-order valence-corrected chi connectivity index (χ4v) is 4.13. The van der Waals surface area contributed by atoms with Crippen molar-refractivity contribution in [1.29, 1.82) is 0 Å². The zero-order valence-corrected chi connectivity index (χ0v) is 19.9. The molecule has 1 aliphatic carbocycles. The number of fused-ring (bicyclic) bond motifs is 1. The molecule has 0 unspecified atom stereocenters. The van der Waals surface area contributed by atoms with Gasteiger partial charge in [-0.2, -0.15) is 5.10 Å². The van der Waals surface area contributed by atoms with E-state index in [9.17, 15) is 25.0 Å². The van der Waals surface area contributed by atoms with E-state index in [0.29, 0.717) is 58.3 Å². The first-order valence-electron chi connectivity index (χ1n) is 10.7. The molecule has 1 aliphatic rings. The molecule has 4 rings (SSSR count). The van der Waals surface area contributed by atoms with Crippen LogP contribution in [0.5, 0.6) is 5.75 Å². The van der Waals surface area contributed by atoms with Gasteiger partial charge in [-0.25, -0.2) is 0 Å². The number of nitrogens with one attached hydrogen (secondary N) is 2. The smallest absolute Gasteiger partial charge is 0.301 e. The second-order valence-corrected chi connectivity index (χ2v) is 8.33. The maximum absolute atomic E-state index is 13.0. The van der Waals surface area contributed by atoms with E-state index in [1.54, 1.807) is 25.1 Å². The van der Waals surface area contributed by atoms with Crippen LogP contribution in [0.15, 0.2) is 45.9 Å². The number of halogens is 1. The highest BCUT2D eigenvalue weighted by molar-refractivity contribution is 6.31. The minimum Gasteiger partial charge on any atom is -0.495 e. The van der Waals surface area contributed by atoms with Crippen LogP contribution in [-0.2, 0) is 6.42 Å². The van der Waals surface area contributed by atoms with Gasteiger partial charge in [-0.05, 0) is 44.0 Å². The number of anilines is 2. The highest BCUT2D eigenvalue weighted by Crippen LogP contribution is 2.33. The van der Waals surface area contributed by atoms with Crippen molar-refractivity contribution in [3.05, 3.63) is 84.3 Å². The van der Waals surface area contributed by atoms with Crippen LogP contribution in [0.3, 0.4) is 0 Å². The summed E-state index contributed by atoms with van der Waals surface area (Å²) in [4.78, 5) is 34.0. The van der Waals surface area contributed by atoms with E-state index in [0.717, 1.165) is 12.1 Å². The third-order valence-electron chi connectivity index (χ3n) is 5.64. The number of furan rings is 1. The number of carbonyl (C=O) groups is 1. The number of hydrogen-bond donors (Lipinski definition) is 2. The van der Waals surface area contributed by atoms with Crippen LogP contribution in [-0.4, -0.2) is 28.6 Å². The molecule has 12 nitrogen and oxygen atoms in total. The number of nitrogens with zero attached hydrogens (tertiary/aromatic N) is 3. The first-order chi connectivity index (χ1) is 17.2. The fraction of sp³-hybridized carbons (Fsp3) is 0.217. The lowest BCUT2D eigenvalue weighted by atomic mass is 9.93. The molecule has 13 heteroatoms. The van der Waals surface area contributed by atoms with Crippen LogP contribution >= 0.6 is 11.6 Å². The number of benzene rings is 2. The maximum atomic E-state index is 13.0. The van der Waals surface area contributed by atoms with E-state index in [1.165, 1.54) is 13.2 Å². The summed E-state index contributed by atoms with van der Waals surface area (Å²) in [5.74, 6) is 0.595. The number of aryl methyl sites for hydroxylation is 1. The van der Waals surface area contributed by atoms with Gasteiger partial charge >= 0.3 is 5.69 Å². The molecule has 1 amide bonds. The summed E-state index contributed by atoms with van der Waals surface area (Å²) in [5, 5.41) is 29.9. The average molecular weight is 514 g/mol. The molecule has 1 heterocycles. The minimum atomic E-state index is -0.725. The number of non-ortho nitro benzene ring substituents is 1. The molecule has 3 aromatic rings. The fourth-order valence-electron chi connectivity index (χ4n) is 3.96. The van der Waals surface area contributed by atoms with Crippen LogP contribution in [0.1, 0.15) is 40.3 Å². The van der Waals surface area contributed by atoms with Crippen LogP contribution in [0.25, 0.3) is 0 Å². The molecule has 2 aromatic carbocycles. The summed E-state index contributed by atoms with van der Waals surface area (Å²) in [5.41, 5.74) is 3.88. The predicted molar refractivity (Wildman–Crippen MR) is 132 cm³/mol. The van der Waals surface area contributed by atoms with Crippen LogP contribution in [0.2, 0.25) is 5.02 Å². The molecule has 0 saturated heterocycles. The lowest BCUT2D eigenvalue weighted by Crippen LogP contribution is -2.15. The van der Waals surface area contributed by atoms with Gasteiger partial charge in [-0.1, -0.05) is 11.6 Å². The summed E-state index contributed by atoms with van der Waals surface area (Å²) < 4.78 is 11.2. The molecular formula is C23H20ClN5O7. The molecule has 36 heavy (non-hydrogen) atoms. The average Bonchev–Trinajstić information content (AvgIpc) is 3.19. The summed E-state index contributed by atoms with van der Waals surface area (Å²) in [6, 6.07) is 8.07. The number of hydrogen-bond acceptors (Lipinski definition) is 9. The summed E-state index contributed by atoms with van der Waals surface area (Å²) in [6.07, 6.45) is 1.80. The van der Waals surface area contributed by atoms with E-state index in [4.69, 9.17) is 20.8 Å². The third-order valence-corrected chi connectivity index (χ3v) is 5.88. The van der Waals surface area contributed by atoms with Crippen LogP contribution < -0.4 is 15.5 Å². The van der Waals surface area contributed by atoms with Gasteiger partial charge in [0.25, 0.3) is 11.6 Å². The largest absolute Gasteiger partial charge is 0.495 e. The van der Waals surface area contributed by atoms with Crippen molar-refractivity contribution < 1.29 is 23.8 Å². The van der Waals surface area contributed by atoms with E-state index in [2.05, 4.69) is 15.8 Å². The van der Waals surface area contributed by atoms with Gasteiger partial charge in [0, 0.05) is 28.6 Å². The number of nitro groups is 2. The van der Waals surface area contributed by atoms with Crippen molar-refractivity contribution >= 4 is 46.0 Å². The maximum Gasteiger partial charge on any atom is 0.301 e. The number of methoxy groups -OCH3 is 1. The Morgan fingerprint density at radius 2 is 1.89 bits per heavy atom. The SMILES string of the molecule is COc1ccc(Cl)cc1NC(=O)c1oc2c(c1C)/C(=N/Nc1ccc([N+](=O)[O-])cc1[N+](=O)[O-])CCC2. The Hall–Kier alpha value is -4.45. The highest BCUT2D eigenvalue weighted by Gasteiger charge is 2.29. The molecule has 0 atom stereocenters. The number of nitro benzene ring substituents is 2. The topological polar surface area (TPSA) is 162 Å². The Balaban J connectivity index is 1.64. The van der Waals surface area contributed by atoms with Gasteiger partial charge in [0.1, 0.15) is 17.2 Å². The summed E-state index contributed by atoms with van der Waals surface area (Å²) in [6.45, 7) is 1.72. The molecule has 0 aliphatic heterocycles. The van der Waals surface area contributed by atoms with Gasteiger partial charge < -0.3 is 14.5 Å². The van der Waals surface area contributed by atoms with Crippen molar-refractivity contribution in [1.82, 2.24) is 0 Å². The second-order valence-electron chi connectivity index (χ2n) is 7.89. The highest BCUT2D eigenvalue weighted by atomic mass is 35.5. The quantitative estimate of drug-likeness (QED) is 0.310. The first kappa shape index (κ1) is 24.7. The van der Waals surface area contributed by atoms with Crippen molar-refractivity contribution in [3.8, 4) is 5.75 Å². The van der Waals surface area contributed by atoms with Gasteiger partial charge in [0.05, 0.1) is 34.4 Å². The van der Waals surface area contributed by atoms with Gasteiger partial charge in [0.15, 0.2) is 5.76 Å². The summed E-state index contributed by atoms with van der Waals surface area (Å²) >= 11 is 6.05. The molecule has 0 fully saturated rings.